The van der Waals surface area contributed by atoms with Crippen LogP contribution in [0.1, 0.15) is 0 Å². The van der Waals surface area contributed by atoms with Crippen LogP contribution in [0.2, 0.25) is 0 Å². The van der Waals surface area contributed by atoms with Gasteiger partial charge in [-0.2, -0.15) is 0 Å². The number of aliphatic carboxylic acids is 1. The second kappa shape index (κ2) is 6.17. The molecule has 110 valence electrons. The standard InChI is InChI=1S/C10H9N5O5S/c1-20-6-2-3-8(7(4-6)15(18)19)21-10-11-12-13-14(10)5-9(16)17/h2-4H,5H2,1H3,(H,16,17). The molecule has 0 fully saturated rings. The van der Waals surface area contributed by atoms with Crippen LogP contribution in [0.15, 0.2) is 28.3 Å². The van der Waals surface area contributed by atoms with Crippen molar-refractivity contribution in [2.24, 2.45) is 0 Å². The van der Waals surface area contributed by atoms with Crippen molar-refractivity contribution in [3.63, 3.8) is 0 Å². The van der Waals surface area contributed by atoms with E-state index in [1.165, 1.54) is 19.2 Å². The van der Waals surface area contributed by atoms with Crippen molar-refractivity contribution in [2.45, 2.75) is 16.6 Å². The van der Waals surface area contributed by atoms with E-state index in [-0.39, 0.29) is 15.7 Å². The molecule has 0 amide bonds. The predicted molar refractivity (Wildman–Crippen MR) is 69.2 cm³/mol. The first-order valence-corrected chi connectivity index (χ1v) is 6.31. The molecule has 0 saturated carbocycles. The number of nitro groups is 1. The summed E-state index contributed by atoms with van der Waals surface area (Å²) in [6.07, 6.45) is 0. The van der Waals surface area contributed by atoms with Crippen molar-refractivity contribution in [1.29, 1.82) is 0 Å². The number of carboxylic acids is 1. The average molecular weight is 311 g/mol. The molecule has 2 aromatic rings. The summed E-state index contributed by atoms with van der Waals surface area (Å²) in [7, 11) is 1.40. The Morgan fingerprint density at radius 1 is 1.57 bits per heavy atom. The van der Waals surface area contributed by atoms with Crippen LogP contribution in [0.3, 0.4) is 0 Å². The van der Waals surface area contributed by atoms with Gasteiger partial charge in [-0.05, 0) is 34.3 Å². The molecule has 1 aromatic carbocycles. The third-order valence-electron chi connectivity index (χ3n) is 2.35. The molecule has 0 radical (unpaired) electrons. The van der Waals surface area contributed by atoms with E-state index >= 15 is 0 Å². The van der Waals surface area contributed by atoms with Crippen LogP contribution >= 0.6 is 11.8 Å². The fourth-order valence-electron chi connectivity index (χ4n) is 1.45. The van der Waals surface area contributed by atoms with E-state index in [1.54, 1.807) is 6.07 Å². The van der Waals surface area contributed by atoms with E-state index in [9.17, 15) is 14.9 Å². The maximum absolute atomic E-state index is 11.1. The molecule has 1 heterocycles. The Kier molecular flexibility index (Phi) is 4.33. The fourth-order valence-corrected chi connectivity index (χ4v) is 2.30. The summed E-state index contributed by atoms with van der Waals surface area (Å²) >= 11 is 0.903. The number of tetrazole rings is 1. The lowest BCUT2D eigenvalue weighted by Crippen LogP contribution is -2.11. The minimum atomic E-state index is -1.12. The molecule has 0 atom stereocenters. The highest BCUT2D eigenvalue weighted by Crippen LogP contribution is 2.35. The Morgan fingerprint density at radius 3 is 2.95 bits per heavy atom. The van der Waals surface area contributed by atoms with E-state index in [2.05, 4.69) is 15.5 Å². The number of hydrogen-bond acceptors (Lipinski definition) is 8. The van der Waals surface area contributed by atoms with Crippen molar-refractivity contribution in [3.8, 4) is 5.75 Å². The highest BCUT2D eigenvalue weighted by atomic mass is 32.2. The van der Waals surface area contributed by atoms with Gasteiger partial charge in [-0.15, -0.1) is 5.10 Å². The zero-order valence-electron chi connectivity index (χ0n) is 10.7. The van der Waals surface area contributed by atoms with Gasteiger partial charge in [0, 0.05) is 0 Å². The second-order valence-electron chi connectivity index (χ2n) is 3.71. The summed E-state index contributed by atoms with van der Waals surface area (Å²) in [5, 5.41) is 30.5. The van der Waals surface area contributed by atoms with Crippen LogP contribution in [-0.4, -0.2) is 43.3 Å². The van der Waals surface area contributed by atoms with Gasteiger partial charge in [-0.25, -0.2) is 4.68 Å². The lowest BCUT2D eigenvalue weighted by Gasteiger charge is -2.04. The molecule has 0 saturated heterocycles. The van der Waals surface area contributed by atoms with Crippen LogP contribution in [-0.2, 0) is 11.3 Å². The van der Waals surface area contributed by atoms with Crippen LogP contribution in [0.5, 0.6) is 5.75 Å². The highest BCUT2D eigenvalue weighted by Gasteiger charge is 2.19. The predicted octanol–water partition coefficient (Wildman–Crippen LogP) is 0.826. The zero-order chi connectivity index (χ0) is 15.4. The van der Waals surface area contributed by atoms with Crippen molar-refractivity contribution in [2.75, 3.05) is 7.11 Å². The first-order chi connectivity index (χ1) is 10.0. The third-order valence-corrected chi connectivity index (χ3v) is 3.39. The number of nitrogens with zero attached hydrogens (tertiary/aromatic N) is 5. The van der Waals surface area contributed by atoms with Crippen molar-refractivity contribution >= 4 is 23.4 Å². The molecule has 0 aliphatic rings. The smallest absolute Gasteiger partial charge is 0.325 e. The molecule has 0 bridgehead atoms. The number of aromatic nitrogens is 4. The first kappa shape index (κ1) is 14.7. The summed E-state index contributed by atoms with van der Waals surface area (Å²) in [6, 6.07) is 4.32. The van der Waals surface area contributed by atoms with E-state index in [0.717, 1.165) is 16.4 Å². The lowest BCUT2D eigenvalue weighted by molar-refractivity contribution is -0.387. The molecule has 21 heavy (non-hydrogen) atoms. The quantitative estimate of drug-likeness (QED) is 0.607. The fraction of sp³-hybridized carbons (Fsp3) is 0.200. The first-order valence-electron chi connectivity index (χ1n) is 5.49. The second-order valence-corrected chi connectivity index (χ2v) is 4.71. The number of nitro benzene ring substituents is 1. The molecular formula is C10H9N5O5S. The Balaban J connectivity index is 2.33. The minimum absolute atomic E-state index is 0.144. The van der Waals surface area contributed by atoms with Crippen molar-refractivity contribution in [3.05, 3.63) is 28.3 Å². The average Bonchev–Trinajstić information content (AvgIpc) is 2.85. The summed E-state index contributed by atoms with van der Waals surface area (Å²) < 4.78 is 5.98. The Morgan fingerprint density at radius 2 is 2.33 bits per heavy atom. The zero-order valence-corrected chi connectivity index (χ0v) is 11.5. The number of carboxylic acid groups (broad SMARTS) is 1. The van der Waals surface area contributed by atoms with Crippen molar-refractivity contribution < 1.29 is 19.6 Å². The summed E-state index contributed by atoms with van der Waals surface area (Å²) in [5.74, 6) is -0.774. The number of ether oxygens (including phenoxy) is 1. The Bertz CT molecular complexity index is 688. The van der Waals surface area contributed by atoms with Crippen LogP contribution < -0.4 is 4.74 Å². The Hall–Kier alpha value is -2.69. The summed E-state index contributed by atoms with van der Waals surface area (Å²) in [6.45, 7) is -0.431. The van der Waals surface area contributed by atoms with E-state index < -0.39 is 17.4 Å². The van der Waals surface area contributed by atoms with Gasteiger partial charge in [0.1, 0.15) is 12.3 Å². The minimum Gasteiger partial charge on any atom is -0.497 e. The monoisotopic (exact) mass is 311 g/mol. The largest absolute Gasteiger partial charge is 0.497 e. The molecule has 1 N–H and O–H groups in total. The molecule has 11 heteroatoms. The number of benzene rings is 1. The van der Waals surface area contributed by atoms with Gasteiger partial charge in [-0.3, -0.25) is 14.9 Å². The number of carbonyl (C=O) groups is 1. The normalized spacial score (nSPS) is 10.3. The lowest BCUT2D eigenvalue weighted by atomic mass is 10.3. The van der Waals surface area contributed by atoms with Gasteiger partial charge >= 0.3 is 5.97 Å². The molecule has 0 aliphatic carbocycles. The summed E-state index contributed by atoms with van der Waals surface area (Å²) in [5.41, 5.74) is -0.177. The summed E-state index contributed by atoms with van der Waals surface area (Å²) in [4.78, 5) is 21.5. The molecule has 0 unspecified atom stereocenters. The molecule has 1 aromatic heterocycles. The van der Waals surface area contributed by atoms with Gasteiger partial charge in [0.2, 0.25) is 5.16 Å². The van der Waals surface area contributed by atoms with E-state index in [1.807, 2.05) is 0 Å². The SMILES string of the molecule is COc1ccc(Sc2nnnn2CC(=O)O)c([N+](=O)[O-])c1. The van der Waals surface area contributed by atoms with Gasteiger partial charge in [-0.1, -0.05) is 0 Å². The molecule has 10 nitrogen and oxygen atoms in total. The van der Waals surface area contributed by atoms with Crippen LogP contribution in [0.4, 0.5) is 5.69 Å². The van der Waals surface area contributed by atoms with E-state index in [0.29, 0.717) is 5.75 Å². The van der Waals surface area contributed by atoms with Crippen LogP contribution in [0, 0.1) is 10.1 Å². The number of rotatable bonds is 6. The van der Waals surface area contributed by atoms with Crippen molar-refractivity contribution in [1.82, 2.24) is 20.2 Å². The van der Waals surface area contributed by atoms with Gasteiger partial charge < -0.3 is 9.84 Å². The topological polar surface area (TPSA) is 133 Å². The number of methoxy groups -OCH3 is 1. The van der Waals surface area contributed by atoms with Gasteiger partial charge in [0.25, 0.3) is 5.69 Å². The van der Waals surface area contributed by atoms with Gasteiger partial charge in [0.05, 0.1) is 23.0 Å². The molecule has 2 rings (SSSR count). The number of hydrogen-bond donors (Lipinski definition) is 1. The van der Waals surface area contributed by atoms with E-state index in [4.69, 9.17) is 9.84 Å². The highest BCUT2D eigenvalue weighted by molar-refractivity contribution is 7.99. The van der Waals surface area contributed by atoms with Gasteiger partial charge in [0.15, 0.2) is 0 Å². The maximum atomic E-state index is 11.1. The van der Waals surface area contributed by atoms with Crippen LogP contribution in [0.25, 0.3) is 0 Å². The molecule has 0 aliphatic heterocycles. The third kappa shape index (κ3) is 3.45. The maximum Gasteiger partial charge on any atom is 0.325 e. The molecule has 0 spiro atoms. The Labute approximate surface area is 121 Å². The molecular weight excluding hydrogens is 302 g/mol.